The van der Waals surface area contributed by atoms with Gasteiger partial charge in [-0.15, -0.1) is 0 Å². The van der Waals surface area contributed by atoms with Gasteiger partial charge in [-0.05, 0) is 80.4 Å². The van der Waals surface area contributed by atoms with E-state index in [9.17, 15) is 4.79 Å². The normalized spacial score (nSPS) is 18.5. The van der Waals surface area contributed by atoms with Crippen LogP contribution < -0.4 is 5.32 Å². The zero-order valence-corrected chi connectivity index (χ0v) is 15.4. The van der Waals surface area contributed by atoms with E-state index < -0.39 is 0 Å². The van der Waals surface area contributed by atoms with Crippen molar-refractivity contribution in [1.29, 1.82) is 0 Å². The molecule has 138 valence electrons. The Hall–Kier alpha value is -2.07. The van der Waals surface area contributed by atoms with Gasteiger partial charge in [0, 0.05) is 6.54 Å². The molecule has 0 spiro atoms. The molecule has 0 radical (unpaired) electrons. The summed E-state index contributed by atoms with van der Waals surface area (Å²) < 4.78 is 5.63. The molecule has 1 aliphatic carbocycles. The molecule has 1 aliphatic heterocycles. The number of likely N-dealkylation sites (tertiary alicyclic amines) is 1. The number of fused-ring (bicyclic) bond motifs is 1. The minimum Gasteiger partial charge on any atom is -0.468 e. The molecule has 2 aliphatic rings. The number of hydrogen-bond acceptors (Lipinski definition) is 3. The molecule has 26 heavy (non-hydrogen) atoms. The molecule has 1 saturated heterocycles. The average Bonchev–Trinajstić information content (AvgIpc) is 3.36. The summed E-state index contributed by atoms with van der Waals surface area (Å²) in [7, 11) is 0. The molecule has 1 unspecified atom stereocenters. The van der Waals surface area contributed by atoms with Crippen LogP contribution in [-0.2, 0) is 24.1 Å². The summed E-state index contributed by atoms with van der Waals surface area (Å²) in [4.78, 5) is 14.9. The Morgan fingerprint density at radius 1 is 1.08 bits per heavy atom. The van der Waals surface area contributed by atoms with Crippen LogP contribution in [0.3, 0.4) is 0 Å². The Morgan fingerprint density at radius 2 is 1.88 bits per heavy atom. The maximum atomic E-state index is 12.5. The van der Waals surface area contributed by atoms with Crippen molar-refractivity contribution in [2.45, 2.75) is 51.0 Å². The van der Waals surface area contributed by atoms with Crippen LogP contribution in [0.15, 0.2) is 41.0 Å². The lowest BCUT2D eigenvalue weighted by Crippen LogP contribution is -2.37. The molecular formula is C22H28N2O2. The van der Waals surface area contributed by atoms with E-state index in [2.05, 4.69) is 28.4 Å². The SMILES string of the molecule is O=C(Cc1ccc2c(c1)CCCC2)NCC(c1ccco1)N1CCCC1. The summed E-state index contributed by atoms with van der Waals surface area (Å²) >= 11 is 0. The van der Waals surface area contributed by atoms with E-state index in [0.29, 0.717) is 13.0 Å². The van der Waals surface area contributed by atoms with Gasteiger partial charge in [0.15, 0.2) is 0 Å². The Bertz CT molecular complexity index is 733. The predicted octanol–water partition coefficient (Wildman–Crippen LogP) is 3.65. The van der Waals surface area contributed by atoms with Crippen molar-refractivity contribution >= 4 is 5.91 Å². The fraction of sp³-hybridized carbons (Fsp3) is 0.500. The van der Waals surface area contributed by atoms with E-state index in [4.69, 9.17) is 4.42 Å². The Balaban J connectivity index is 1.36. The lowest BCUT2D eigenvalue weighted by atomic mass is 9.90. The Morgan fingerprint density at radius 3 is 2.65 bits per heavy atom. The minimum atomic E-state index is 0.0940. The van der Waals surface area contributed by atoms with Crippen molar-refractivity contribution in [2.75, 3.05) is 19.6 Å². The first-order chi connectivity index (χ1) is 12.8. The molecule has 2 aromatic rings. The van der Waals surface area contributed by atoms with E-state index in [-0.39, 0.29) is 11.9 Å². The molecule has 1 aromatic heterocycles. The van der Waals surface area contributed by atoms with Crippen molar-refractivity contribution in [2.24, 2.45) is 0 Å². The van der Waals surface area contributed by atoms with Crippen LogP contribution in [0.2, 0.25) is 0 Å². The molecule has 1 aromatic carbocycles. The van der Waals surface area contributed by atoms with Crippen LogP contribution in [0.5, 0.6) is 0 Å². The standard InChI is InChI=1S/C22H28N2O2/c25-22(15-17-9-10-18-6-1-2-7-19(18)14-17)23-16-20(21-8-5-13-26-21)24-11-3-4-12-24/h5,8-10,13-14,20H,1-4,6-7,11-12,15-16H2,(H,23,25). The maximum absolute atomic E-state index is 12.5. The Kier molecular flexibility index (Phi) is 5.40. The highest BCUT2D eigenvalue weighted by Crippen LogP contribution is 2.25. The van der Waals surface area contributed by atoms with Gasteiger partial charge >= 0.3 is 0 Å². The molecule has 2 heterocycles. The summed E-state index contributed by atoms with van der Waals surface area (Å²) in [6.07, 6.45) is 9.51. The number of furan rings is 1. The highest BCUT2D eigenvalue weighted by Gasteiger charge is 2.25. The summed E-state index contributed by atoms with van der Waals surface area (Å²) in [5, 5.41) is 3.14. The van der Waals surface area contributed by atoms with Gasteiger partial charge < -0.3 is 9.73 Å². The van der Waals surface area contributed by atoms with Crippen LogP contribution >= 0.6 is 0 Å². The number of nitrogens with one attached hydrogen (secondary N) is 1. The third-order valence-electron chi connectivity index (χ3n) is 5.72. The molecule has 1 atom stereocenters. The molecule has 4 heteroatoms. The first-order valence-electron chi connectivity index (χ1n) is 9.94. The highest BCUT2D eigenvalue weighted by atomic mass is 16.3. The Labute approximate surface area is 155 Å². The quantitative estimate of drug-likeness (QED) is 0.863. The van der Waals surface area contributed by atoms with Crippen molar-refractivity contribution in [1.82, 2.24) is 10.2 Å². The lowest BCUT2D eigenvalue weighted by Gasteiger charge is -2.26. The van der Waals surface area contributed by atoms with E-state index in [1.54, 1.807) is 6.26 Å². The van der Waals surface area contributed by atoms with Gasteiger partial charge in [0.2, 0.25) is 5.91 Å². The minimum absolute atomic E-state index is 0.0940. The number of carbonyl (C=O) groups is 1. The molecule has 0 saturated carbocycles. The van der Waals surface area contributed by atoms with Gasteiger partial charge in [-0.1, -0.05) is 18.2 Å². The van der Waals surface area contributed by atoms with Gasteiger partial charge in [-0.3, -0.25) is 9.69 Å². The first-order valence-corrected chi connectivity index (χ1v) is 9.94. The van der Waals surface area contributed by atoms with E-state index in [1.807, 2.05) is 12.1 Å². The van der Waals surface area contributed by atoms with Gasteiger partial charge in [-0.2, -0.15) is 0 Å². The number of rotatable bonds is 6. The molecule has 4 rings (SSSR count). The van der Waals surface area contributed by atoms with Gasteiger partial charge in [0.1, 0.15) is 5.76 Å². The van der Waals surface area contributed by atoms with Crippen LogP contribution in [0.1, 0.15) is 54.2 Å². The molecule has 1 fully saturated rings. The van der Waals surface area contributed by atoms with E-state index in [1.165, 1.54) is 43.2 Å². The van der Waals surface area contributed by atoms with Crippen LogP contribution in [0.4, 0.5) is 0 Å². The second-order valence-corrected chi connectivity index (χ2v) is 7.57. The summed E-state index contributed by atoms with van der Waals surface area (Å²) in [5.41, 5.74) is 4.03. The fourth-order valence-corrected chi connectivity index (χ4v) is 4.30. The van der Waals surface area contributed by atoms with Gasteiger partial charge in [0.05, 0.1) is 18.7 Å². The number of benzene rings is 1. The van der Waals surface area contributed by atoms with Gasteiger partial charge in [0.25, 0.3) is 0 Å². The summed E-state index contributed by atoms with van der Waals surface area (Å²) in [6, 6.07) is 10.6. The summed E-state index contributed by atoms with van der Waals surface area (Å²) in [6.45, 7) is 2.76. The van der Waals surface area contributed by atoms with Crippen LogP contribution in [0.25, 0.3) is 0 Å². The third kappa shape index (κ3) is 4.01. The van der Waals surface area contributed by atoms with E-state index in [0.717, 1.165) is 30.8 Å². The molecule has 1 amide bonds. The van der Waals surface area contributed by atoms with Crippen molar-refractivity contribution < 1.29 is 9.21 Å². The van der Waals surface area contributed by atoms with Crippen LogP contribution in [0, 0.1) is 0 Å². The second-order valence-electron chi connectivity index (χ2n) is 7.57. The lowest BCUT2D eigenvalue weighted by molar-refractivity contribution is -0.120. The number of amides is 1. The molecule has 4 nitrogen and oxygen atoms in total. The number of carbonyl (C=O) groups excluding carboxylic acids is 1. The number of hydrogen-bond donors (Lipinski definition) is 1. The number of nitrogens with zero attached hydrogens (tertiary/aromatic N) is 1. The third-order valence-corrected chi connectivity index (χ3v) is 5.72. The van der Waals surface area contributed by atoms with Crippen molar-refractivity contribution in [3.8, 4) is 0 Å². The van der Waals surface area contributed by atoms with Gasteiger partial charge in [-0.25, -0.2) is 0 Å². The molecule has 1 N–H and O–H groups in total. The van der Waals surface area contributed by atoms with Crippen molar-refractivity contribution in [3.63, 3.8) is 0 Å². The molecule has 0 bridgehead atoms. The zero-order valence-electron chi connectivity index (χ0n) is 15.4. The first kappa shape index (κ1) is 17.3. The topological polar surface area (TPSA) is 45.5 Å². The number of aryl methyl sites for hydroxylation is 2. The van der Waals surface area contributed by atoms with Crippen molar-refractivity contribution in [3.05, 3.63) is 59.0 Å². The monoisotopic (exact) mass is 352 g/mol. The van der Waals surface area contributed by atoms with Crippen LogP contribution in [-0.4, -0.2) is 30.4 Å². The fourth-order valence-electron chi connectivity index (χ4n) is 4.30. The van der Waals surface area contributed by atoms with E-state index >= 15 is 0 Å². The second kappa shape index (κ2) is 8.09. The smallest absolute Gasteiger partial charge is 0.224 e. The maximum Gasteiger partial charge on any atom is 0.224 e. The zero-order chi connectivity index (χ0) is 17.8. The molecular weight excluding hydrogens is 324 g/mol. The largest absolute Gasteiger partial charge is 0.468 e. The highest BCUT2D eigenvalue weighted by molar-refractivity contribution is 5.78. The summed E-state index contributed by atoms with van der Waals surface area (Å²) in [5.74, 6) is 1.04. The average molecular weight is 352 g/mol. The predicted molar refractivity (Wildman–Crippen MR) is 102 cm³/mol.